The fraction of sp³-hybridized carbons (Fsp3) is 0.895. The molecule has 556 valence electrons. The Hall–Kier alpha value is -3.29. The SMILES string of the molecule is CCCOCCNC(=O)CCOCC(COCCC(=O)NCCOCCOC)(COCCC(=O)NCCOCCOC)NC(=O)CCOCCNC(=O)CCCC(=O)NCCCCCCOP(=O)(O)OC[C@H]1O[C@@H](C)CC1OP(=O)(O)OC[C@H]1O[C@@H](C)CC1OP(=O)(O)OC. The maximum absolute atomic E-state index is 13.6. The van der Waals surface area contributed by atoms with E-state index in [4.69, 9.17) is 74.7 Å². The van der Waals surface area contributed by atoms with Crippen molar-refractivity contribution in [3.63, 3.8) is 0 Å². The Kier molecular flexibility index (Phi) is 48.7. The van der Waals surface area contributed by atoms with Crippen LogP contribution in [0.3, 0.4) is 0 Å². The molecule has 2 saturated heterocycles. The van der Waals surface area contributed by atoms with Crippen LogP contribution >= 0.6 is 23.5 Å². The highest BCUT2D eigenvalue weighted by Crippen LogP contribution is 2.51. The van der Waals surface area contributed by atoms with E-state index >= 15 is 0 Å². The van der Waals surface area contributed by atoms with Gasteiger partial charge in [-0.1, -0.05) is 19.8 Å². The first-order valence-electron chi connectivity index (χ1n) is 32.3. The number of unbranched alkanes of at least 4 members (excludes halogenated alkanes) is 3. The Morgan fingerprint density at radius 2 is 0.811 bits per heavy atom. The number of carbonyl (C=O) groups is 6. The average Bonchev–Trinajstić information content (AvgIpc) is 1.79. The molecule has 2 rings (SSSR count). The molecule has 2 heterocycles. The Morgan fingerprint density at radius 1 is 0.421 bits per heavy atom. The van der Waals surface area contributed by atoms with E-state index in [0.29, 0.717) is 91.6 Å². The van der Waals surface area contributed by atoms with Crippen LogP contribution in [0.4, 0.5) is 0 Å². The molecule has 0 aliphatic carbocycles. The number of methoxy groups -OCH3 is 2. The van der Waals surface area contributed by atoms with Crippen molar-refractivity contribution in [3.8, 4) is 0 Å². The zero-order chi connectivity index (χ0) is 70.1. The fourth-order valence-corrected chi connectivity index (χ4v) is 11.3. The van der Waals surface area contributed by atoms with E-state index in [9.17, 15) is 57.1 Å². The Labute approximate surface area is 557 Å². The maximum atomic E-state index is 13.6. The van der Waals surface area contributed by atoms with Crippen molar-refractivity contribution in [3.05, 3.63) is 0 Å². The summed E-state index contributed by atoms with van der Waals surface area (Å²) in [5, 5.41) is 16.7. The summed E-state index contributed by atoms with van der Waals surface area (Å²) in [6.07, 6.45) is -1.24. The summed E-state index contributed by atoms with van der Waals surface area (Å²) in [5.41, 5.74) is -1.35. The summed E-state index contributed by atoms with van der Waals surface area (Å²) in [7, 11) is -9.64. The van der Waals surface area contributed by atoms with Crippen LogP contribution in [-0.2, 0) is 122 Å². The minimum Gasteiger partial charge on any atom is -0.382 e. The molecule has 95 heavy (non-hydrogen) atoms. The van der Waals surface area contributed by atoms with Crippen molar-refractivity contribution < 1.29 is 136 Å². The van der Waals surface area contributed by atoms with Crippen LogP contribution in [0.15, 0.2) is 0 Å². The van der Waals surface area contributed by atoms with Crippen LogP contribution in [0, 0.1) is 0 Å². The topological polar surface area (TPSA) is 443 Å². The highest BCUT2D eigenvalue weighted by Gasteiger charge is 2.44. The Bertz CT molecular complexity index is 2240. The number of amides is 6. The van der Waals surface area contributed by atoms with Gasteiger partial charge >= 0.3 is 23.5 Å². The van der Waals surface area contributed by atoms with Gasteiger partial charge in [0.2, 0.25) is 35.4 Å². The number of rotatable bonds is 62. The lowest BCUT2D eigenvalue weighted by Gasteiger charge is -2.34. The summed E-state index contributed by atoms with van der Waals surface area (Å²) in [6, 6.07) is 0. The van der Waals surface area contributed by atoms with Crippen LogP contribution < -0.4 is 31.9 Å². The van der Waals surface area contributed by atoms with E-state index in [-0.39, 0.29) is 166 Å². The van der Waals surface area contributed by atoms with Crippen LogP contribution in [0.5, 0.6) is 0 Å². The lowest BCUT2D eigenvalue weighted by molar-refractivity contribution is -0.131. The van der Waals surface area contributed by atoms with Gasteiger partial charge in [-0.05, 0) is 39.5 Å². The van der Waals surface area contributed by atoms with Crippen molar-refractivity contribution in [1.82, 2.24) is 31.9 Å². The van der Waals surface area contributed by atoms with Gasteiger partial charge in [-0.2, -0.15) is 0 Å². The molecular weight excluding hydrogens is 1330 g/mol. The van der Waals surface area contributed by atoms with Gasteiger partial charge in [0.1, 0.15) is 30.0 Å². The number of hydrogen-bond donors (Lipinski definition) is 9. The molecular formula is C57H109N6O29P3. The van der Waals surface area contributed by atoms with E-state index in [0.717, 1.165) is 13.5 Å². The van der Waals surface area contributed by atoms with E-state index < -0.39 is 84.8 Å². The number of hydrogen-bond acceptors (Lipinski definition) is 26. The van der Waals surface area contributed by atoms with Crippen molar-refractivity contribution in [2.24, 2.45) is 0 Å². The lowest BCUT2D eigenvalue weighted by Crippen LogP contribution is -2.59. The molecule has 0 radical (unpaired) electrons. The van der Waals surface area contributed by atoms with Crippen molar-refractivity contribution in [1.29, 1.82) is 0 Å². The Balaban J connectivity index is 1.75. The van der Waals surface area contributed by atoms with Crippen LogP contribution in [0.25, 0.3) is 0 Å². The molecule has 0 aromatic heterocycles. The first kappa shape index (κ1) is 87.8. The largest absolute Gasteiger partial charge is 0.472 e. The third kappa shape index (κ3) is 45.9. The van der Waals surface area contributed by atoms with Crippen molar-refractivity contribution in [2.45, 2.75) is 153 Å². The Morgan fingerprint density at radius 3 is 1.26 bits per heavy atom. The van der Waals surface area contributed by atoms with Gasteiger partial charge in [0.15, 0.2) is 0 Å². The summed E-state index contributed by atoms with van der Waals surface area (Å²) in [6.45, 7) is 8.06. The average molecular weight is 1440 g/mol. The minimum absolute atomic E-state index is 0.00440. The molecule has 0 spiro atoms. The molecule has 0 bridgehead atoms. The summed E-state index contributed by atoms with van der Waals surface area (Å²) in [5.74, 6) is -1.86. The van der Waals surface area contributed by atoms with Gasteiger partial charge < -0.3 is 98.7 Å². The van der Waals surface area contributed by atoms with Crippen molar-refractivity contribution >= 4 is 58.9 Å². The van der Waals surface area contributed by atoms with Gasteiger partial charge in [-0.15, -0.1) is 0 Å². The summed E-state index contributed by atoms with van der Waals surface area (Å²) >= 11 is 0. The normalized spacial score (nSPS) is 19.9. The maximum Gasteiger partial charge on any atom is 0.472 e. The highest BCUT2D eigenvalue weighted by atomic mass is 31.2. The monoisotopic (exact) mass is 1430 g/mol. The third-order valence-corrected chi connectivity index (χ3v) is 16.7. The standard InChI is InChI=1S/C57H109N6O29P3/c1-7-24-79-30-20-60-53(66)15-27-83-42-57(43-84-28-16-54(67)61-22-32-81-36-34-76-4,44-85-29-17-55(68)62-23-33-82-37-35-77-5)63-56(69)18-26-80-31-21-59-52(65)14-12-13-51(64)58-19-10-8-9-11-25-86-94(72,73)87-40-49-48(39-46(3)89-49)92-95(74,75)88-41-50-47(38-45(2)90-50)91-93(70,71)78-6/h45-50H,7-44H2,1-6H3,(H,58,64)(H,59,65)(H,60,66)(H,61,67)(H,62,68)(H,63,69)(H,70,71)(H,72,73)(H,74,75)/t45-,46-,47?,48?,49+,50+/m0/s1. The number of nitrogens with one attached hydrogen (secondary N) is 6. The number of ether oxygens (including phenoxy) is 11. The van der Waals surface area contributed by atoms with Crippen LogP contribution in [0.1, 0.15) is 111 Å². The first-order valence-corrected chi connectivity index (χ1v) is 36.8. The van der Waals surface area contributed by atoms with E-state index in [1.54, 1.807) is 28.1 Å². The van der Waals surface area contributed by atoms with Crippen LogP contribution in [0.2, 0.25) is 0 Å². The van der Waals surface area contributed by atoms with Gasteiger partial charge in [0.05, 0.1) is 131 Å². The fourth-order valence-electron chi connectivity index (χ4n) is 8.93. The summed E-state index contributed by atoms with van der Waals surface area (Å²) < 4.78 is 129. The number of carbonyl (C=O) groups excluding carboxylic acids is 6. The van der Waals surface area contributed by atoms with Crippen molar-refractivity contribution in [2.75, 3.05) is 180 Å². The molecule has 6 amide bonds. The molecule has 2 fully saturated rings. The quantitative estimate of drug-likeness (QED) is 0.0309. The van der Waals surface area contributed by atoms with E-state index in [1.807, 2.05) is 6.92 Å². The predicted molar refractivity (Wildman–Crippen MR) is 338 cm³/mol. The molecule has 38 heteroatoms. The second-order valence-corrected chi connectivity index (χ2v) is 26.6. The zero-order valence-electron chi connectivity index (χ0n) is 56.1. The molecule has 2 aliphatic heterocycles. The van der Waals surface area contributed by atoms with Gasteiger partial charge in [-0.3, -0.25) is 55.9 Å². The van der Waals surface area contributed by atoms with Gasteiger partial charge in [0, 0.05) is 112 Å². The highest BCUT2D eigenvalue weighted by molar-refractivity contribution is 7.48. The van der Waals surface area contributed by atoms with E-state index in [2.05, 4.69) is 36.4 Å². The molecule has 0 saturated carbocycles. The number of phosphoric ester groups is 3. The van der Waals surface area contributed by atoms with Gasteiger partial charge in [0.25, 0.3) is 0 Å². The van der Waals surface area contributed by atoms with Gasteiger partial charge in [-0.25, -0.2) is 13.7 Å². The molecule has 9 atom stereocenters. The number of phosphoric acid groups is 3. The second kappa shape index (κ2) is 52.7. The van der Waals surface area contributed by atoms with E-state index in [1.165, 1.54) is 0 Å². The lowest BCUT2D eigenvalue weighted by atomic mass is 10.0. The zero-order valence-corrected chi connectivity index (χ0v) is 58.8. The third-order valence-electron chi connectivity index (χ3n) is 13.7. The molecule has 0 aromatic rings. The smallest absolute Gasteiger partial charge is 0.382 e. The molecule has 0 aromatic carbocycles. The molecule has 5 unspecified atom stereocenters. The molecule has 35 nitrogen and oxygen atoms in total. The minimum atomic E-state index is -4.78. The molecule has 2 aliphatic rings. The predicted octanol–water partition coefficient (Wildman–Crippen LogP) is 1.66. The second-order valence-electron chi connectivity index (χ2n) is 22.2. The van der Waals surface area contributed by atoms with Crippen LogP contribution in [-0.4, -0.2) is 272 Å². The first-order chi connectivity index (χ1) is 45.4. The molecule has 9 N–H and O–H groups in total. The summed E-state index contributed by atoms with van der Waals surface area (Å²) in [4.78, 5) is 107.